The lowest BCUT2D eigenvalue weighted by atomic mass is 9.99. The zero-order chi connectivity index (χ0) is 22.4. The molecule has 0 bridgehead atoms. The van der Waals surface area contributed by atoms with E-state index in [0.29, 0.717) is 21.5 Å². The topological polar surface area (TPSA) is 96.3 Å². The van der Waals surface area contributed by atoms with E-state index >= 15 is 0 Å². The first-order valence-electron chi connectivity index (χ1n) is 9.33. The Bertz CT molecular complexity index is 1370. The highest BCUT2D eigenvalue weighted by atomic mass is 35.5. The van der Waals surface area contributed by atoms with Crippen molar-refractivity contribution in [2.45, 2.75) is 6.04 Å². The van der Waals surface area contributed by atoms with Gasteiger partial charge >= 0.3 is 5.91 Å². The van der Waals surface area contributed by atoms with E-state index in [2.05, 4.69) is 15.0 Å². The number of carbonyl (C=O) groups excluding carboxylic acids is 2. The highest BCUT2D eigenvalue weighted by molar-refractivity contribution is 7.22. The monoisotopic (exact) mass is 466 g/mol. The lowest BCUT2D eigenvalue weighted by Crippen LogP contribution is -2.29. The molecular weight excluding hydrogens is 455 g/mol. The number of carbonyl (C=O) groups is 2. The van der Waals surface area contributed by atoms with Gasteiger partial charge in [-0.15, -0.1) is 0 Å². The number of hydrogen-bond acceptors (Lipinski definition) is 7. The number of amides is 1. The number of aliphatic hydroxyl groups is 1. The molecule has 1 unspecified atom stereocenters. The molecule has 10 heteroatoms. The summed E-state index contributed by atoms with van der Waals surface area (Å²) in [5.74, 6) is -2.71. The largest absolute Gasteiger partial charge is 0.507 e. The third kappa shape index (κ3) is 3.22. The molecule has 0 aliphatic carbocycles. The fourth-order valence-electron chi connectivity index (χ4n) is 3.53. The molecule has 0 radical (unpaired) electrons. The molecule has 1 fully saturated rings. The number of halogens is 2. The van der Waals surface area contributed by atoms with E-state index in [1.807, 2.05) is 0 Å². The van der Waals surface area contributed by atoms with E-state index in [0.717, 1.165) is 11.3 Å². The molecule has 3 aromatic heterocycles. The summed E-state index contributed by atoms with van der Waals surface area (Å²) in [6.07, 6.45) is 4.45. The average Bonchev–Trinajstić information content (AvgIpc) is 3.32. The molecule has 158 valence electrons. The van der Waals surface area contributed by atoms with E-state index in [-0.39, 0.29) is 21.5 Å². The maximum atomic E-state index is 13.9. The lowest BCUT2D eigenvalue weighted by molar-refractivity contribution is -0.132. The Balaban J connectivity index is 1.73. The van der Waals surface area contributed by atoms with Crippen molar-refractivity contribution in [3.63, 3.8) is 0 Å². The third-order valence-corrected chi connectivity index (χ3v) is 6.30. The predicted octanol–water partition coefficient (Wildman–Crippen LogP) is 4.51. The quantitative estimate of drug-likeness (QED) is 0.271. The van der Waals surface area contributed by atoms with Gasteiger partial charge in [-0.05, 0) is 36.4 Å². The second-order valence-electron chi connectivity index (χ2n) is 6.89. The van der Waals surface area contributed by atoms with Gasteiger partial charge < -0.3 is 5.11 Å². The smallest absolute Gasteiger partial charge is 0.301 e. The number of fused-ring (bicyclic) bond motifs is 1. The van der Waals surface area contributed by atoms with E-state index in [9.17, 15) is 19.1 Å². The van der Waals surface area contributed by atoms with Gasteiger partial charge in [-0.25, -0.2) is 9.37 Å². The second-order valence-corrected chi connectivity index (χ2v) is 8.31. The van der Waals surface area contributed by atoms with Crippen LogP contribution in [0.1, 0.15) is 17.3 Å². The number of anilines is 1. The SMILES string of the molecule is O=C1C(=O)N(c2nc3cc(Cl)c(F)cc3s2)C(c2ccccn2)/C1=C(\O)c1ccncc1. The molecule has 32 heavy (non-hydrogen) atoms. The summed E-state index contributed by atoms with van der Waals surface area (Å²) in [7, 11) is 0. The molecule has 1 aliphatic heterocycles. The van der Waals surface area contributed by atoms with Crippen LogP contribution in [0.25, 0.3) is 16.0 Å². The van der Waals surface area contributed by atoms with Gasteiger partial charge in [-0.3, -0.25) is 24.5 Å². The lowest BCUT2D eigenvalue weighted by Gasteiger charge is -2.21. The Labute approximate surface area is 189 Å². The van der Waals surface area contributed by atoms with Crippen molar-refractivity contribution in [3.8, 4) is 0 Å². The number of aromatic nitrogens is 3. The minimum absolute atomic E-state index is 0.102. The van der Waals surface area contributed by atoms with Gasteiger partial charge in [0.05, 0.1) is 26.5 Å². The number of hydrogen-bond donors (Lipinski definition) is 1. The fraction of sp³-hybridized carbons (Fsp3) is 0.0455. The number of thiazole rings is 1. The van der Waals surface area contributed by atoms with E-state index in [1.165, 1.54) is 47.8 Å². The van der Waals surface area contributed by atoms with Crippen LogP contribution in [0, 0.1) is 5.82 Å². The Morgan fingerprint density at radius 3 is 2.62 bits per heavy atom. The summed E-state index contributed by atoms with van der Waals surface area (Å²) in [6, 6.07) is 9.67. The summed E-state index contributed by atoms with van der Waals surface area (Å²) >= 11 is 6.90. The highest BCUT2D eigenvalue weighted by Gasteiger charge is 2.48. The number of ketones is 1. The van der Waals surface area contributed by atoms with Gasteiger partial charge in [-0.2, -0.15) is 0 Å². The molecule has 1 atom stereocenters. The minimum Gasteiger partial charge on any atom is -0.507 e. The van der Waals surface area contributed by atoms with Gasteiger partial charge in [0.1, 0.15) is 17.6 Å². The van der Waals surface area contributed by atoms with Gasteiger partial charge in [-0.1, -0.05) is 29.0 Å². The highest BCUT2D eigenvalue weighted by Crippen LogP contribution is 2.44. The molecule has 1 aromatic carbocycles. The molecule has 4 aromatic rings. The molecule has 0 spiro atoms. The minimum atomic E-state index is -1.02. The predicted molar refractivity (Wildman–Crippen MR) is 118 cm³/mol. The number of benzene rings is 1. The molecule has 7 nitrogen and oxygen atoms in total. The Hall–Kier alpha value is -3.69. The zero-order valence-electron chi connectivity index (χ0n) is 16.1. The number of rotatable bonds is 3. The molecule has 0 saturated carbocycles. The first-order chi connectivity index (χ1) is 15.5. The van der Waals surface area contributed by atoms with Crippen molar-refractivity contribution in [3.05, 3.63) is 88.7 Å². The summed E-state index contributed by atoms with van der Waals surface area (Å²) in [5.41, 5.74) is 0.957. The Morgan fingerprint density at radius 2 is 1.91 bits per heavy atom. The van der Waals surface area contributed by atoms with Crippen LogP contribution >= 0.6 is 22.9 Å². The summed E-state index contributed by atoms with van der Waals surface area (Å²) in [5, 5.41) is 11.0. The van der Waals surface area contributed by atoms with E-state index < -0.39 is 23.5 Å². The molecule has 1 saturated heterocycles. The van der Waals surface area contributed by atoms with Crippen LogP contribution in [0.3, 0.4) is 0 Å². The maximum absolute atomic E-state index is 13.9. The van der Waals surface area contributed by atoms with Crippen LogP contribution in [0.5, 0.6) is 0 Å². The van der Waals surface area contributed by atoms with E-state index in [4.69, 9.17) is 11.6 Å². The van der Waals surface area contributed by atoms with E-state index in [1.54, 1.807) is 18.2 Å². The number of nitrogens with zero attached hydrogens (tertiary/aromatic N) is 4. The third-order valence-electron chi connectivity index (χ3n) is 4.99. The van der Waals surface area contributed by atoms with Gasteiger partial charge in [0.25, 0.3) is 5.78 Å². The molecule has 1 amide bonds. The van der Waals surface area contributed by atoms with Gasteiger partial charge in [0, 0.05) is 24.2 Å². The van der Waals surface area contributed by atoms with Crippen LogP contribution in [0.15, 0.2) is 66.6 Å². The van der Waals surface area contributed by atoms with Crippen LogP contribution in [-0.4, -0.2) is 31.7 Å². The number of aliphatic hydroxyl groups excluding tert-OH is 1. The Morgan fingerprint density at radius 1 is 1.12 bits per heavy atom. The van der Waals surface area contributed by atoms with Crippen molar-refractivity contribution >= 4 is 55.7 Å². The normalized spacial score (nSPS) is 17.9. The molecule has 1 aliphatic rings. The first-order valence-corrected chi connectivity index (χ1v) is 10.5. The van der Waals surface area contributed by atoms with Crippen molar-refractivity contribution in [1.29, 1.82) is 0 Å². The summed E-state index contributed by atoms with van der Waals surface area (Å²) < 4.78 is 14.4. The van der Waals surface area contributed by atoms with Crippen molar-refractivity contribution in [2.24, 2.45) is 0 Å². The number of Topliss-reactive ketones (excluding diaryl/α,β-unsaturated/α-hetero) is 1. The molecule has 1 N–H and O–H groups in total. The van der Waals surface area contributed by atoms with Crippen LogP contribution in [-0.2, 0) is 9.59 Å². The zero-order valence-corrected chi connectivity index (χ0v) is 17.6. The number of pyridine rings is 2. The van der Waals surface area contributed by atoms with Gasteiger partial charge in [0.2, 0.25) is 0 Å². The Kier molecular flexibility index (Phi) is 4.91. The van der Waals surface area contributed by atoms with Crippen molar-refractivity contribution in [1.82, 2.24) is 15.0 Å². The standard InChI is InChI=1S/C22H12ClFN4O3S/c23-12-9-15-16(10-13(12)24)32-22(27-15)28-18(14-3-1-2-6-26-14)17(20(30)21(28)31)19(29)11-4-7-25-8-5-11/h1-10,18,29H/b19-17+. The van der Waals surface area contributed by atoms with Crippen LogP contribution < -0.4 is 4.90 Å². The van der Waals surface area contributed by atoms with Crippen molar-refractivity contribution < 1.29 is 19.1 Å². The molecular formula is C22H12ClFN4O3S. The maximum Gasteiger partial charge on any atom is 0.301 e. The average molecular weight is 467 g/mol. The second kappa shape index (κ2) is 7.77. The fourth-order valence-corrected chi connectivity index (χ4v) is 4.68. The first kappa shape index (κ1) is 20.2. The van der Waals surface area contributed by atoms with Crippen LogP contribution in [0.4, 0.5) is 9.52 Å². The summed E-state index contributed by atoms with van der Waals surface area (Å²) in [6.45, 7) is 0. The molecule has 5 rings (SSSR count). The van der Waals surface area contributed by atoms with Crippen LogP contribution in [0.2, 0.25) is 5.02 Å². The summed E-state index contributed by atoms with van der Waals surface area (Å²) in [4.78, 5) is 39.9. The van der Waals surface area contributed by atoms with Gasteiger partial charge in [0.15, 0.2) is 5.13 Å². The van der Waals surface area contributed by atoms with Crippen molar-refractivity contribution in [2.75, 3.05) is 4.90 Å². The molecule has 4 heterocycles.